The summed E-state index contributed by atoms with van der Waals surface area (Å²) in [7, 11) is 0. The van der Waals surface area contributed by atoms with E-state index in [0.717, 1.165) is 24.9 Å². The second-order valence-electron chi connectivity index (χ2n) is 3.59. The summed E-state index contributed by atoms with van der Waals surface area (Å²) in [4.78, 5) is 14.5. The summed E-state index contributed by atoms with van der Waals surface area (Å²) in [6, 6.07) is 1.98. The van der Waals surface area contributed by atoms with Crippen LogP contribution in [-0.4, -0.2) is 23.5 Å². The van der Waals surface area contributed by atoms with Gasteiger partial charge in [-0.1, -0.05) is 0 Å². The Labute approximate surface area is 83.1 Å². The van der Waals surface area contributed by atoms with Crippen molar-refractivity contribution in [3.8, 4) is 0 Å². The molecule has 0 unspecified atom stereocenters. The first-order chi connectivity index (χ1) is 6.86. The zero-order valence-electron chi connectivity index (χ0n) is 8.05. The lowest BCUT2D eigenvalue weighted by Crippen LogP contribution is -2.39. The standard InChI is InChI=1S/C10H15N3O/c14-10(9-2-1-4-12-9)13-7-8-3-5-11-6-8/h3,5-6,9,11-12H,1-2,4,7H2,(H,13,14)/t9-/m0/s1. The van der Waals surface area contributed by atoms with Crippen LogP contribution >= 0.6 is 0 Å². The predicted molar refractivity (Wildman–Crippen MR) is 53.7 cm³/mol. The van der Waals surface area contributed by atoms with E-state index in [9.17, 15) is 4.79 Å². The summed E-state index contributed by atoms with van der Waals surface area (Å²) in [5, 5.41) is 6.07. The third-order valence-electron chi connectivity index (χ3n) is 2.51. The molecule has 1 aliphatic rings. The first-order valence-corrected chi connectivity index (χ1v) is 4.99. The van der Waals surface area contributed by atoms with Gasteiger partial charge in [0.05, 0.1) is 6.04 Å². The van der Waals surface area contributed by atoms with Crippen molar-refractivity contribution in [2.24, 2.45) is 0 Å². The number of carbonyl (C=O) groups is 1. The number of hydrogen-bond donors (Lipinski definition) is 3. The molecule has 1 fully saturated rings. The predicted octanol–water partition coefficient (Wildman–Crippen LogP) is 0.383. The Kier molecular flexibility index (Phi) is 2.84. The summed E-state index contributed by atoms with van der Waals surface area (Å²) >= 11 is 0. The molecule has 4 nitrogen and oxygen atoms in total. The van der Waals surface area contributed by atoms with Crippen LogP contribution in [-0.2, 0) is 11.3 Å². The molecule has 1 atom stereocenters. The number of amides is 1. The molecule has 1 aliphatic heterocycles. The molecule has 4 heteroatoms. The van der Waals surface area contributed by atoms with Crippen molar-refractivity contribution in [3.05, 3.63) is 24.0 Å². The van der Waals surface area contributed by atoms with Crippen LogP contribution in [0.2, 0.25) is 0 Å². The molecular weight excluding hydrogens is 178 g/mol. The summed E-state index contributed by atoms with van der Waals surface area (Å²) in [5.74, 6) is 0.115. The number of rotatable bonds is 3. The minimum atomic E-state index is 0.0222. The van der Waals surface area contributed by atoms with Crippen LogP contribution in [0, 0.1) is 0 Å². The molecule has 14 heavy (non-hydrogen) atoms. The molecule has 1 aromatic heterocycles. The van der Waals surface area contributed by atoms with Gasteiger partial charge in [0.15, 0.2) is 0 Å². The van der Waals surface area contributed by atoms with E-state index in [1.807, 2.05) is 18.5 Å². The average Bonchev–Trinajstić information content (AvgIpc) is 2.87. The lowest BCUT2D eigenvalue weighted by Gasteiger charge is -2.09. The van der Waals surface area contributed by atoms with Crippen LogP contribution in [0.4, 0.5) is 0 Å². The number of carbonyl (C=O) groups excluding carboxylic acids is 1. The Hall–Kier alpha value is -1.29. The first kappa shape index (κ1) is 9.27. The highest BCUT2D eigenvalue weighted by Gasteiger charge is 2.21. The molecular formula is C10H15N3O. The van der Waals surface area contributed by atoms with Gasteiger partial charge in [-0.3, -0.25) is 4.79 Å². The molecule has 0 radical (unpaired) electrons. The number of aromatic nitrogens is 1. The van der Waals surface area contributed by atoms with Crippen molar-refractivity contribution in [1.82, 2.24) is 15.6 Å². The third kappa shape index (κ3) is 2.14. The largest absolute Gasteiger partial charge is 0.367 e. The van der Waals surface area contributed by atoms with Gasteiger partial charge < -0.3 is 15.6 Å². The van der Waals surface area contributed by atoms with Gasteiger partial charge in [-0.05, 0) is 31.0 Å². The van der Waals surface area contributed by atoms with Crippen molar-refractivity contribution in [3.63, 3.8) is 0 Å². The van der Waals surface area contributed by atoms with Gasteiger partial charge in [-0.25, -0.2) is 0 Å². The highest BCUT2D eigenvalue weighted by atomic mass is 16.2. The minimum Gasteiger partial charge on any atom is -0.367 e. The fourth-order valence-electron chi connectivity index (χ4n) is 1.69. The maximum atomic E-state index is 11.6. The van der Waals surface area contributed by atoms with E-state index < -0.39 is 0 Å². The number of aromatic amines is 1. The monoisotopic (exact) mass is 193 g/mol. The van der Waals surface area contributed by atoms with Gasteiger partial charge >= 0.3 is 0 Å². The highest BCUT2D eigenvalue weighted by Crippen LogP contribution is 2.05. The molecule has 76 valence electrons. The van der Waals surface area contributed by atoms with Crippen molar-refractivity contribution < 1.29 is 4.79 Å². The second-order valence-corrected chi connectivity index (χ2v) is 3.59. The summed E-state index contributed by atoms with van der Waals surface area (Å²) in [6.07, 6.45) is 5.80. The zero-order valence-corrected chi connectivity index (χ0v) is 8.05. The molecule has 1 aromatic rings. The Morgan fingerprint density at radius 1 is 1.64 bits per heavy atom. The van der Waals surface area contributed by atoms with E-state index in [2.05, 4.69) is 15.6 Å². The van der Waals surface area contributed by atoms with Crippen molar-refractivity contribution in [1.29, 1.82) is 0 Å². The van der Waals surface area contributed by atoms with Crippen LogP contribution in [0.1, 0.15) is 18.4 Å². The Morgan fingerprint density at radius 3 is 3.21 bits per heavy atom. The van der Waals surface area contributed by atoms with E-state index in [0.29, 0.717) is 6.54 Å². The van der Waals surface area contributed by atoms with E-state index >= 15 is 0 Å². The van der Waals surface area contributed by atoms with Crippen LogP contribution < -0.4 is 10.6 Å². The molecule has 0 saturated carbocycles. The van der Waals surface area contributed by atoms with Gasteiger partial charge in [0.1, 0.15) is 0 Å². The molecule has 0 spiro atoms. The van der Waals surface area contributed by atoms with Gasteiger partial charge in [-0.2, -0.15) is 0 Å². The maximum Gasteiger partial charge on any atom is 0.237 e. The lowest BCUT2D eigenvalue weighted by molar-refractivity contribution is -0.122. The fraction of sp³-hybridized carbons (Fsp3) is 0.500. The van der Waals surface area contributed by atoms with Gasteiger partial charge in [0, 0.05) is 18.9 Å². The number of H-pyrrole nitrogens is 1. The van der Waals surface area contributed by atoms with Gasteiger partial charge in [0.25, 0.3) is 0 Å². The summed E-state index contributed by atoms with van der Waals surface area (Å²) in [6.45, 7) is 1.57. The zero-order chi connectivity index (χ0) is 9.80. The van der Waals surface area contributed by atoms with Gasteiger partial charge in [-0.15, -0.1) is 0 Å². The Bertz CT molecular complexity index is 288. The maximum absolute atomic E-state index is 11.6. The van der Waals surface area contributed by atoms with E-state index in [-0.39, 0.29) is 11.9 Å². The third-order valence-corrected chi connectivity index (χ3v) is 2.51. The van der Waals surface area contributed by atoms with E-state index in [1.54, 1.807) is 0 Å². The summed E-state index contributed by atoms with van der Waals surface area (Å²) in [5.41, 5.74) is 1.11. The normalized spacial score (nSPS) is 21.0. The molecule has 2 heterocycles. The average molecular weight is 193 g/mol. The van der Waals surface area contributed by atoms with Crippen molar-refractivity contribution in [2.45, 2.75) is 25.4 Å². The second kappa shape index (κ2) is 4.28. The van der Waals surface area contributed by atoms with Crippen molar-refractivity contribution in [2.75, 3.05) is 6.54 Å². The molecule has 3 N–H and O–H groups in total. The van der Waals surface area contributed by atoms with Crippen LogP contribution in [0.25, 0.3) is 0 Å². The fourth-order valence-corrected chi connectivity index (χ4v) is 1.69. The molecule has 2 rings (SSSR count). The lowest BCUT2D eigenvalue weighted by atomic mass is 10.2. The first-order valence-electron chi connectivity index (χ1n) is 4.99. The molecule has 0 bridgehead atoms. The molecule has 1 amide bonds. The highest BCUT2D eigenvalue weighted by molar-refractivity contribution is 5.81. The smallest absolute Gasteiger partial charge is 0.237 e. The molecule has 0 aliphatic carbocycles. The molecule has 1 saturated heterocycles. The number of nitrogens with one attached hydrogen (secondary N) is 3. The van der Waals surface area contributed by atoms with E-state index in [1.165, 1.54) is 0 Å². The Morgan fingerprint density at radius 2 is 2.57 bits per heavy atom. The van der Waals surface area contributed by atoms with E-state index in [4.69, 9.17) is 0 Å². The van der Waals surface area contributed by atoms with Gasteiger partial charge in [0.2, 0.25) is 5.91 Å². The van der Waals surface area contributed by atoms with Crippen LogP contribution in [0.5, 0.6) is 0 Å². The SMILES string of the molecule is O=C(NCc1cc[nH]c1)[C@@H]1CCCN1. The van der Waals surface area contributed by atoms with Crippen LogP contribution in [0.3, 0.4) is 0 Å². The summed E-state index contributed by atoms with van der Waals surface area (Å²) < 4.78 is 0. The number of hydrogen-bond acceptors (Lipinski definition) is 2. The van der Waals surface area contributed by atoms with Crippen molar-refractivity contribution >= 4 is 5.91 Å². The molecule has 0 aromatic carbocycles. The quantitative estimate of drug-likeness (QED) is 0.650. The topological polar surface area (TPSA) is 56.9 Å². The minimum absolute atomic E-state index is 0.0222. The van der Waals surface area contributed by atoms with Crippen LogP contribution in [0.15, 0.2) is 18.5 Å². The Balaban J connectivity index is 1.77.